The number of H-pyrrole nitrogens is 1. The number of hydrogen-bond donors (Lipinski definition) is 5. The molecule has 0 aromatic carbocycles. The molecule has 1 atom stereocenters. The molecular weight excluding hydrogens is 406 g/mol. The van der Waals surface area contributed by atoms with E-state index in [2.05, 4.69) is 30.4 Å². The zero-order valence-electron chi connectivity index (χ0n) is 17.7. The number of rotatable bonds is 12. The zero-order chi connectivity index (χ0) is 22.9. The smallest absolute Gasteiger partial charge is 0.425 e. The van der Waals surface area contributed by atoms with Gasteiger partial charge in [0.15, 0.2) is 17.4 Å². The molecule has 170 valence electrons. The summed E-state index contributed by atoms with van der Waals surface area (Å²) >= 11 is 0. The summed E-state index contributed by atoms with van der Waals surface area (Å²) in [5.41, 5.74) is 12.2. The van der Waals surface area contributed by atoms with Crippen molar-refractivity contribution in [2.45, 2.75) is 44.6 Å². The number of fused-ring (bicyclic) bond motifs is 1. The Labute approximate surface area is 179 Å². The third-order valence-corrected chi connectivity index (χ3v) is 4.65. The molecule has 2 heterocycles. The average Bonchev–Trinajstić information content (AvgIpc) is 3.21. The summed E-state index contributed by atoms with van der Waals surface area (Å²) in [6.45, 7) is 2.34. The molecule has 0 aliphatic heterocycles. The minimum atomic E-state index is -1.98. The molecule has 2 aromatic rings. The molecule has 0 fully saturated rings. The van der Waals surface area contributed by atoms with Gasteiger partial charge in [0.05, 0.1) is 19.1 Å². The highest BCUT2D eigenvalue weighted by Gasteiger charge is 2.51. The van der Waals surface area contributed by atoms with Crippen molar-refractivity contribution in [2.24, 2.45) is 16.5 Å². The molecule has 0 spiro atoms. The highest BCUT2D eigenvalue weighted by Crippen LogP contribution is 2.32. The van der Waals surface area contributed by atoms with E-state index in [0.717, 1.165) is 17.9 Å². The van der Waals surface area contributed by atoms with Crippen LogP contribution >= 0.6 is 0 Å². The molecule has 1 amide bonds. The summed E-state index contributed by atoms with van der Waals surface area (Å²) in [5, 5.41) is 11.2. The van der Waals surface area contributed by atoms with Gasteiger partial charge >= 0.3 is 12.1 Å². The third kappa shape index (κ3) is 5.57. The summed E-state index contributed by atoms with van der Waals surface area (Å²) in [7, 11) is 1.42. The number of aliphatic imine (C=N–C) groups is 1. The van der Waals surface area contributed by atoms with E-state index in [-0.39, 0.29) is 43.4 Å². The van der Waals surface area contributed by atoms with Gasteiger partial charge in [0.1, 0.15) is 5.52 Å². The summed E-state index contributed by atoms with van der Waals surface area (Å²) < 4.78 is 5.31. The lowest BCUT2D eigenvalue weighted by Gasteiger charge is -2.37. The number of hydrazine groups is 1. The van der Waals surface area contributed by atoms with Crippen LogP contribution in [0.25, 0.3) is 11.2 Å². The van der Waals surface area contributed by atoms with Crippen molar-refractivity contribution in [1.29, 1.82) is 0 Å². The molecule has 13 heteroatoms. The Bertz CT molecular complexity index is 912. The lowest BCUT2D eigenvalue weighted by atomic mass is 9.91. The van der Waals surface area contributed by atoms with Crippen LogP contribution in [0.2, 0.25) is 0 Å². The predicted octanol–water partition coefficient (Wildman–Crippen LogP) is 0.450. The van der Waals surface area contributed by atoms with E-state index in [1.54, 1.807) is 0 Å². The van der Waals surface area contributed by atoms with Crippen LogP contribution in [-0.2, 0) is 15.1 Å². The first-order valence-electron chi connectivity index (χ1n) is 9.96. The number of carboxylic acids is 1. The molecule has 0 saturated heterocycles. The Morgan fingerprint density at radius 1 is 1.32 bits per heavy atom. The minimum Gasteiger partial charge on any atom is -0.479 e. The number of unbranched alkanes of at least 4 members (excludes halogenated alkanes) is 2. The molecule has 0 aliphatic carbocycles. The fraction of sp³-hybridized carbons (Fsp3) is 0.556. The van der Waals surface area contributed by atoms with E-state index in [1.807, 2.05) is 6.92 Å². The Balaban J connectivity index is 2.45. The van der Waals surface area contributed by atoms with Gasteiger partial charge in [-0.3, -0.25) is 4.99 Å². The quantitative estimate of drug-likeness (QED) is 0.135. The summed E-state index contributed by atoms with van der Waals surface area (Å²) in [6.07, 6.45) is 4.63. The molecule has 2 aromatic heterocycles. The standard InChI is InChI=1S/C18H29N9O4/c1-3-4-5-9-31-17(30)27(21-2)18(15(28)29,7-6-8-22-16(19)20)14-23-10-12-13(26-14)25-11-24-12/h10-11,21H,3-9H2,1-2H3,(H,28,29)(H4,19,20,22)(H,23,24,25,26)/t18-/m1/s1. The molecular formula is C18H29N9O4. The number of carboxylic acid groups (broad SMARTS) is 1. The molecule has 31 heavy (non-hydrogen) atoms. The van der Waals surface area contributed by atoms with Crippen molar-refractivity contribution in [3.8, 4) is 0 Å². The number of aromatic nitrogens is 4. The maximum atomic E-state index is 12.8. The van der Waals surface area contributed by atoms with Gasteiger partial charge < -0.3 is 26.3 Å². The highest BCUT2D eigenvalue weighted by molar-refractivity contribution is 5.85. The van der Waals surface area contributed by atoms with Crippen molar-refractivity contribution in [1.82, 2.24) is 30.4 Å². The van der Waals surface area contributed by atoms with Crippen molar-refractivity contribution in [3.05, 3.63) is 18.3 Å². The van der Waals surface area contributed by atoms with Crippen LogP contribution < -0.4 is 16.9 Å². The number of nitrogens with two attached hydrogens (primary N) is 2. The molecule has 0 radical (unpaired) electrons. The van der Waals surface area contributed by atoms with E-state index >= 15 is 0 Å². The van der Waals surface area contributed by atoms with Gasteiger partial charge in [0, 0.05) is 13.6 Å². The number of ether oxygens (including phenoxy) is 1. The van der Waals surface area contributed by atoms with Gasteiger partial charge in [-0.25, -0.2) is 35.0 Å². The van der Waals surface area contributed by atoms with Crippen LogP contribution in [0.4, 0.5) is 4.79 Å². The number of imidazole rings is 1. The van der Waals surface area contributed by atoms with E-state index in [9.17, 15) is 14.7 Å². The van der Waals surface area contributed by atoms with Gasteiger partial charge in [-0.05, 0) is 19.3 Å². The van der Waals surface area contributed by atoms with Crippen LogP contribution in [0.5, 0.6) is 0 Å². The summed E-state index contributed by atoms with van der Waals surface area (Å²) in [5.74, 6) is -1.58. The van der Waals surface area contributed by atoms with E-state index < -0.39 is 17.6 Å². The number of hydrogen-bond acceptors (Lipinski definition) is 8. The van der Waals surface area contributed by atoms with Crippen LogP contribution in [0.15, 0.2) is 17.5 Å². The van der Waals surface area contributed by atoms with Crippen LogP contribution in [-0.4, -0.2) is 68.3 Å². The zero-order valence-corrected chi connectivity index (χ0v) is 17.7. The van der Waals surface area contributed by atoms with Crippen molar-refractivity contribution in [2.75, 3.05) is 20.2 Å². The SMILES string of the molecule is CCCCCOC(=O)N(NC)[C@@](CCCN=C(N)N)(C(=O)O)c1ncc2[nH]cnc2n1. The number of nitrogens with one attached hydrogen (secondary N) is 2. The van der Waals surface area contributed by atoms with Crippen LogP contribution in [0, 0.1) is 0 Å². The highest BCUT2D eigenvalue weighted by atomic mass is 16.6. The van der Waals surface area contributed by atoms with Crippen molar-refractivity contribution in [3.63, 3.8) is 0 Å². The lowest BCUT2D eigenvalue weighted by molar-refractivity contribution is -0.155. The Morgan fingerprint density at radius 3 is 2.74 bits per heavy atom. The first-order valence-corrected chi connectivity index (χ1v) is 9.96. The van der Waals surface area contributed by atoms with E-state index in [1.165, 1.54) is 19.6 Å². The number of amides is 1. The Kier molecular flexibility index (Phi) is 8.49. The van der Waals surface area contributed by atoms with Crippen molar-refractivity contribution < 1.29 is 19.4 Å². The van der Waals surface area contributed by atoms with Gasteiger partial charge in [0.2, 0.25) is 5.54 Å². The number of guanidine groups is 1. The summed E-state index contributed by atoms with van der Waals surface area (Å²) in [4.78, 5) is 44.8. The number of aliphatic carboxylic acids is 1. The Morgan fingerprint density at radius 2 is 2.10 bits per heavy atom. The molecule has 0 aliphatic rings. The molecule has 0 bridgehead atoms. The predicted molar refractivity (Wildman–Crippen MR) is 113 cm³/mol. The lowest BCUT2D eigenvalue weighted by Crippen LogP contribution is -2.60. The van der Waals surface area contributed by atoms with Crippen molar-refractivity contribution >= 4 is 29.2 Å². The van der Waals surface area contributed by atoms with Gasteiger partial charge in [-0.1, -0.05) is 19.8 Å². The normalized spacial score (nSPS) is 12.8. The maximum Gasteiger partial charge on any atom is 0.425 e. The first-order chi connectivity index (χ1) is 14.9. The Hall–Kier alpha value is -3.48. The number of aromatic amines is 1. The maximum absolute atomic E-state index is 12.8. The average molecular weight is 435 g/mol. The second-order valence-electron chi connectivity index (χ2n) is 6.79. The second-order valence-corrected chi connectivity index (χ2v) is 6.79. The number of nitrogens with zero attached hydrogens (tertiary/aromatic N) is 5. The number of carbonyl (C=O) groups is 2. The largest absolute Gasteiger partial charge is 0.479 e. The second kappa shape index (κ2) is 11.1. The third-order valence-electron chi connectivity index (χ3n) is 4.65. The molecule has 0 unspecified atom stereocenters. The van der Waals surface area contributed by atoms with E-state index in [4.69, 9.17) is 16.2 Å². The number of carbonyl (C=O) groups excluding carboxylic acids is 1. The molecule has 2 rings (SSSR count). The topological polar surface area (TPSA) is 198 Å². The molecule has 13 nitrogen and oxygen atoms in total. The molecule has 7 N–H and O–H groups in total. The van der Waals surface area contributed by atoms with Crippen LogP contribution in [0.1, 0.15) is 44.9 Å². The molecule has 0 saturated carbocycles. The minimum absolute atomic E-state index is 0.0834. The fourth-order valence-electron chi connectivity index (χ4n) is 3.11. The van der Waals surface area contributed by atoms with Gasteiger partial charge in [-0.2, -0.15) is 0 Å². The fourth-order valence-corrected chi connectivity index (χ4v) is 3.11. The van der Waals surface area contributed by atoms with Crippen LogP contribution in [0.3, 0.4) is 0 Å². The first kappa shape index (κ1) is 23.8. The van der Waals surface area contributed by atoms with E-state index in [0.29, 0.717) is 11.9 Å². The monoisotopic (exact) mass is 435 g/mol. The van der Waals surface area contributed by atoms with Gasteiger partial charge in [0.25, 0.3) is 0 Å². The van der Waals surface area contributed by atoms with Gasteiger partial charge in [-0.15, -0.1) is 0 Å². The summed E-state index contributed by atoms with van der Waals surface area (Å²) in [6, 6.07) is 0.